The average molecular weight is 194 g/mol. The molecule has 3 fully saturated rings. The minimum atomic E-state index is 0.862. The van der Waals surface area contributed by atoms with Gasteiger partial charge in [-0.2, -0.15) is 0 Å². The lowest BCUT2D eigenvalue weighted by atomic mass is 9.96. The highest BCUT2D eigenvalue weighted by Crippen LogP contribution is 2.30. The zero-order valence-electron chi connectivity index (χ0n) is 9.04. The second kappa shape index (κ2) is 3.82. The van der Waals surface area contributed by atoms with Gasteiger partial charge in [0.1, 0.15) is 0 Å². The predicted octanol–water partition coefficient (Wildman–Crippen LogP) is 1.76. The van der Waals surface area contributed by atoms with Crippen LogP contribution in [0.5, 0.6) is 0 Å². The molecule has 80 valence electrons. The topological polar surface area (TPSA) is 15.3 Å². The number of nitrogens with zero attached hydrogens (tertiary/aromatic N) is 1. The molecule has 2 bridgehead atoms. The van der Waals surface area contributed by atoms with Crippen molar-refractivity contribution in [2.45, 2.75) is 63.1 Å². The van der Waals surface area contributed by atoms with Gasteiger partial charge in [-0.15, -0.1) is 0 Å². The molecule has 0 spiro atoms. The summed E-state index contributed by atoms with van der Waals surface area (Å²) < 4.78 is 0. The molecule has 1 N–H and O–H groups in total. The quantitative estimate of drug-likeness (QED) is 0.684. The van der Waals surface area contributed by atoms with Crippen LogP contribution in [0.3, 0.4) is 0 Å². The van der Waals surface area contributed by atoms with E-state index in [9.17, 15) is 0 Å². The van der Waals surface area contributed by atoms with Gasteiger partial charge in [0.05, 0.1) is 0 Å². The van der Waals surface area contributed by atoms with Gasteiger partial charge in [-0.05, 0) is 51.6 Å². The number of likely N-dealkylation sites (tertiary alicyclic amines) is 1. The maximum absolute atomic E-state index is 3.73. The van der Waals surface area contributed by atoms with Crippen molar-refractivity contribution in [3.8, 4) is 0 Å². The number of nitrogens with one attached hydrogen (secondary N) is 1. The second-order valence-corrected chi connectivity index (χ2v) is 5.36. The smallest absolute Gasteiger partial charge is 0.0125 e. The molecular formula is C12H22N2. The summed E-state index contributed by atoms with van der Waals surface area (Å²) in [5.41, 5.74) is 0. The average Bonchev–Trinajstić information content (AvgIpc) is 2.59. The Bertz CT molecular complexity index is 186. The van der Waals surface area contributed by atoms with Crippen LogP contribution in [0.4, 0.5) is 0 Å². The van der Waals surface area contributed by atoms with E-state index in [0.717, 1.165) is 18.1 Å². The lowest BCUT2D eigenvalue weighted by Crippen LogP contribution is -2.49. The molecule has 3 saturated heterocycles. The van der Waals surface area contributed by atoms with Gasteiger partial charge in [-0.1, -0.05) is 6.42 Å². The molecule has 2 atom stereocenters. The van der Waals surface area contributed by atoms with E-state index < -0.39 is 0 Å². The normalized spacial score (nSPS) is 44.1. The first kappa shape index (κ1) is 9.17. The second-order valence-electron chi connectivity index (χ2n) is 5.36. The molecule has 0 aromatic rings. The Hall–Kier alpha value is -0.0800. The Morgan fingerprint density at radius 1 is 0.857 bits per heavy atom. The highest BCUT2D eigenvalue weighted by Gasteiger charge is 2.35. The van der Waals surface area contributed by atoms with Crippen molar-refractivity contribution in [1.29, 1.82) is 0 Å². The number of fused-ring (bicyclic) bond motifs is 2. The lowest BCUT2D eigenvalue weighted by Gasteiger charge is -2.39. The minimum absolute atomic E-state index is 0.862. The molecule has 3 aliphatic heterocycles. The first-order valence-corrected chi connectivity index (χ1v) is 6.42. The molecule has 3 rings (SSSR count). The molecule has 14 heavy (non-hydrogen) atoms. The lowest BCUT2D eigenvalue weighted by molar-refractivity contribution is 0.119. The van der Waals surface area contributed by atoms with Crippen molar-refractivity contribution in [2.75, 3.05) is 13.1 Å². The third-order valence-electron chi connectivity index (χ3n) is 4.36. The van der Waals surface area contributed by atoms with Crippen LogP contribution >= 0.6 is 0 Å². The van der Waals surface area contributed by atoms with Gasteiger partial charge in [-0.25, -0.2) is 0 Å². The van der Waals surface area contributed by atoms with Gasteiger partial charge in [0, 0.05) is 18.1 Å². The van der Waals surface area contributed by atoms with Gasteiger partial charge >= 0.3 is 0 Å². The molecule has 0 radical (unpaired) electrons. The summed E-state index contributed by atoms with van der Waals surface area (Å²) in [6.45, 7) is 2.76. The fraction of sp³-hybridized carbons (Fsp3) is 1.00. The molecule has 0 aromatic heterocycles. The van der Waals surface area contributed by atoms with Crippen LogP contribution in [0.1, 0.15) is 44.9 Å². The Balaban J connectivity index is 1.61. The minimum Gasteiger partial charge on any atom is -0.311 e. The summed E-state index contributed by atoms with van der Waals surface area (Å²) in [4.78, 5) is 2.77. The standard InChI is InChI=1S/C12H22N2/c1-2-6-14(7-3-1)12-8-10-4-5-11(9-12)13-10/h10-13H,1-9H2/t10-,11-/m0/s1. The number of piperidine rings is 2. The summed E-state index contributed by atoms with van der Waals surface area (Å²) in [6, 6.07) is 2.65. The van der Waals surface area contributed by atoms with Crippen molar-refractivity contribution in [3.05, 3.63) is 0 Å². The van der Waals surface area contributed by atoms with E-state index in [2.05, 4.69) is 10.2 Å². The van der Waals surface area contributed by atoms with Crippen molar-refractivity contribution in [2.24, 2.45) is 0 Å². The predicted molar refractivity (Wildman–Crippen MR) is 58.4 cm³/mol. The van der Waals surface area contributed by atoms with E-state index >= 15 is 0 Å². The van der Waals surface area contributed by atoms with Crippen molar-refractivity contribution >= 4 is 0 Å². The Labute approximate surface area is 87.0 Å². The van der Waals surface area contributed by atoms with Crippen LogP contribution in [0.15, 0.2) is 0 Å². The highest BCUT2D eigenvalue weighted by atomic mass is 15.2. The van der Waals surface area contributed by atoms with E-state index in [4.69, 9.17) is 0 Å². The Kier molecular flexibility index (Phi) is 2.50. The highest BCUT2D eigenvalue weighted by molar-refractivity contribution is 4.95. The first-order valence-electron chi connectivity index (χ1n) is 6.42. The van der Waals surface area contributed by atoms with Crippen LogP contribution in [-0.4, -0.2) is 36.1 Å². The molecule has 3 heterocycles. The maximum atomic E-state index is 3.73. The Morgan fingerprint density at radius 3 is 2.14 bits per heavy atom. The summed E-state index contributed by atoms with van der Waals surface area (Å²) in [6.07, 6.45) is 10.1. The van der Waals surface area contributed by atoms with Crippen molar-refractivity contribution in [1.82, 2.24) is 10.2 Å². The van der Waals surface area contributed by atoms with E-state index in [0.29, 0.717) is 0 Å². The van der Waals surface area contributed by atoms with Crippen LogP contribution in [0.25, 0.3) is 0 Å². The SMILES string of the molecule is C1CCN(C2C[C@@H]3CC[C@@H](C2)N3)CC1. The third kappa shape index (κ3) is 1.70. The summed E-state index contributed by atoms with van der Waals surface area (Å²) in [7, 11) is 0. The van der Waals surface area contributed by atoms with E-state index in [-0.39, 0.29) is 0 Å². The van der Waals surface area contributed by atoms with Gasteiger partial charge in [0.15, 0.2) is 0 Å². The van der Waals surface area contributed by atoms with Gasteiger partial charge in [0.2, 0.25) is 0 Å². The molecule has 0 aromatic carbocycles. The molecule has 0 saturated carbocycles. The molecule has 2 nitrogen and oxygen atoms in total. The largest absolute Gasteiger partial charge is 0.311 e. The number of rotatable bonds is 1. The number of hydrogen-bond acceptors (Lipinski definition) is 2. The van der Waals surface area contributed by atoms with Crippen LogP contribution in [0.2, 0.25) is 0 Å². The fourth-order valence-corrected chi connectivity index (χ4v) is 3.61. The molecular weight excluding hydrogens is 172 g/mol. The van der Waals surface area contributed by atoms with Crippen molar-refractivity contribution < 1.29 is 0 Å². The summed E-state index contributed by atoms with van der Waals surface area (Å²) >= 11 is 0. The zero-order chi connectivity index (χ0) is 9.38. The summed E-state index contributed by atoms with van der Waals surface area (Å²) in [5, 5.41) is 3.73. The van der Waals surface area contributed by atoms with Crippen molar-refractivity contribution in [3.63, 3.8) is 0 Å². The Morgan fingerprint density at radius 2 is 1.50 bits per heavy atom. The monoisotopic (exact) mass is 194 g/mol. The van der Waals surface area contributed by atoms with Gasteiger partial charge < -0.3 is 10.2 Å². The third-order valence-corrected chi connectivity index (χ3v) is 4.36. The molecule has 2 heteroatoms. The molecule has 0 aliphatic carbocycles. The zero-order valence-corrected chi connectivity index (χ0v) is 9.04. The van der Waals surface area contributed by atoms with Gasteiger partial charge in [-0.3, -0.25) is 0 Å². The van der Waals surface area contributed by atoms with Crippen LogP contribution in [-0.2, 0) is 0 Å². The summed E-state index contributed by atoms with van der Waals surface area (Å²) in [5.74, 6) is 0. The molecule has 3 aliphatic rings. The first-order chi connectivity index (χ1) is 6.92. The molecule has 0 amide bonds. The van der Waals surface area contributed by atoms with Crippen LogP contribution < -0.4 is 5.32 Å². The molecule has 0 unspecified atom stereocenters. The maximum Gasteiger partial charge on any atom is 0.0125 e. The van der Waals surface area contributed by atoms with Crippen LogP contribution in [0, 0.1) is 0 Å². The van der Waals surface area contributed by atoms with E-state index in [1.165, 1.54) is 58.0 Å². The van der Waals surface area contributed by atoms with E-state index in [1.54, 1.807) is 0 Å². The van der Waals surface area contributed by atoms with E-state index in [1.807, 2.05) is 0 Å². The fourth-order valence-electron chi connectivity index (χ4n) is 3.61. The van der Waals surface area contributed by atoms with Gasteiger partial charge in [0.25, 0.3) is 0 Å². The number of hydrogen-bond donors (Lipinski definition) is 1.